The van der Waals surface area contributed by atoms with Gasteiger partial charge in [-0.05, 0) is 51.7 Å². The van der Waals surface area contributed by atoms with Crippen molar-refractivity contribution in [3.05, 3.63) is 12.2 Å². The normalized spacial score (nSPS) is 13.7. The Labute approximate surface area is 153 Å². The van der Waals surface area contributed by atoms with Crippen LogP contribution in [-0.2, 0) is 4.43 Å². The van der Waals surface area contributed by atoms with Crippen LogP contribution in [0.2, 0.25) is 19.6 Å². The van der Waals surface area contributed by atoms with Crippen LogP contribution in [0.25, 0.3) is 0 Å². The van der Waals surface area contributed by atoms with E-state index in [-0.39, 0.29) is 6.10 Å². The number of aliphatic hydroxyl groups is 1. The zero-order valence-electron chi connectivity index (χ0n) is 17.0. The van der Waals surface area contributed by atoms with E-state index in [4.69, 9.17) is 9.53 Å². The molecule has 0 spiro atoms. The minimum absolute atomic E-state index is 0.252. The Kier molecular flexibility index (Phi) is 16.3. The van der Waals surface area contributed by atoms with Gasteiger partial charge in [-0.15, -0.1) is 0 Å². The van der Waals surface area contributed by atoms with E-state index < -0.39 is 8.32 Å². The lowest BCUT2D eigenvalue weighted by molar-refractivity contribution is 0.216. The molecule has 0 rings (SSSR count). The molecule has 0 aliphatic heterocycles. The van der Waals surface area contributed by atoms with E-state index in [2.05, 4.69) is 38.7 Å². The summed E-state index contributed by atoms with van der Waals surface area (Å²) in [5.74, 6) is 0. The quantitative estimate of drug-likeness (QED) is 0.175. The highest BCUT2D eigenvalue weighted by atomic mass is 28.4. The van der Waals surface area contributed by atoms with Crippen molar-refractivity contribution in [3.8, 4) is 0 Å². The van der Waals surface area contributed by atoms with Gasteiger partial charge >= 0.3 is 0 Å². The van der Waals surface area contributed by atoms with Gasteiger partial charge in [0, 0.05) is 6.61 Å². The third-order valence-electron chi connectivity index (χ3n) is 4.23. The summed E-state index contributed by atoms with van der Waals surface area (Å²) in [7, 11) is -1.49. The Bertz CT molecular complexity index is 284. The Balaban J connectivity index is 3.73. The van der Waals surface area contributed by atoms with Gasteiger partial charge in [-0.1, -0.05) is 70.4 Å². The lowest BCUT2D eigenvalue weighted by atomic mass is 10.1. The first-order chi connectivity index (χ1) is 11.5. The lowest BCUT2D eigenvalue weighted by Gasteiger charge is -2.24. The van der Waals surface area contributed by atoms with Crippen molar-refractivity contribution in [3.63, 3.8) is 0 Å². The van der Waals surface area contributed by atoms with Gasteiger partial charge in [-0.25, -0.2) is 0 Å². The van der Waals surface area contributed by atoms with Crippen molar-refractivity contribution in [2.75, 3.05) is 6.61 Å². The second-order valence-electron chi connectivity index (χ2n) is 8.03. The standard InChI is InChI=1S/C21H44O2Si/c1-5-6-7-8-9-10-11-12-13-14-15-18-21(19-16-17-20-22)23-24(2,3)4/h15,18,21-22H,5-14,16-17,19-20H2,1-4H3/b18-15+. The van der Waals surface area contributed by atoms with E-state index in [0.29, 0.717) is 6.61 Å². The fourth-order valence-electron chi connectivity index (χ4n) is 2.93. The van der Waals surface area contributed by atoms with Crippen LogP contribution in [0.4, 0.5) is 0 Å². The van der Waals surface area contributed by atoms with Gasteiger partial charge in [0.15, 0.2) is 8.32 Å². The molecule has 0 heterocycles. The van der Waals surface area contributed by atoms with Crippen LogP contribution in [0.3, 0.4) is 0 Å². The van der Waals surface area contributed by atoms with Crippen molar-refractivity contribution >= 4 is 8.32 Å². The number of allylic oxidation sites excluding steroid dienone is 1. The summed E-state index contributed by atoms with van der Waals surface area (Å²) < 4.78 is 6.25. The monoisotopic (exact) mass is 356 g/mol. The van der Waals surface area contributed by atoms with Crippen LogP contribution in [0.5, 0.6) is 0 Å². The van der Waals surface area contributed by atoms with E-state index in [1.807, 2.05) is 0 Å². The molecule has 1 unspecified atom stereocenters. The Morgan fingerprint density at radius 2 is 1.42 bits per heavy atom. The van der Waals surface area contributed by atoms with Crippen LogP contribution in [0, 0.1) is 0 Å². The Hall–Kier alpha value is -0.123. The summed E-state index contributed by atoms with van der Waals surface area (Å²) in [5, 5.41) is 8.94. The maximum atomic E-state index is 8.94. The van der Waals surface area contributed by atoms with Crippen LogP contribution < -0.4 is 0 Å². The molecule has 0 amide bonds. The molecule has 0 aliphatic carbocycles. The summed E-state index contributed by atoms with van der Waals surface area (Å²) in [6.07, 6.45) is 21.5. The molecular formula is C21H44O2Si. The molecule has 0 fully saturated rings. The molecule has 1 N–H and O–H groups in total. The van der Waals surface area contributed by atoms with Gasteiger partial charge in [0.25, 0.3) is 0 Å². The van der Waals surface area contributed by atoms with Crippen LogP contribution in [0.15, 0.2) is 12.2 Å². The second kappa shape index (κ2) is 16.4. The maximum Gasteiger partial charge on any atom is 0.184 e. The van der Waals surface area contributed by atoms with Crippen LogP contribution in [-0.4, -0.2) is 26.1 Å². The molecule has 0 saturated carbocycles. The summed E-state index contributed by atoms with van der Waals surface area (Å²) >= 11 is 0. The SMILES string of the molecule is CCCCCCCCCCC/C=C/C(CCCCO)O[Si](C)(C)C. The summed E-state index contributed by atoms with van der Waals surface area (Å²) in [5.41, 5.74) is 0. The zero-order valence-corrected chi connectivity index (χ0v) is 18.0. The maximum absolute atomic E-state index is 8.94. The molecule has 0 aromatic heterocycles. The number of hydrogen-bond acceptors (Lipinski definition) is 2. The average molecular weight is 357 g/mol. The molecular weight excluding hydrogens is 312 g/mol. The third kappa shape index (κ3) is 18.2. The first-order valence-electron chi connectivity index (χ1n) is 10.4. The molecule has 0 saturated heterocycles. The van der Waals surface area contributed by atoms with Crippen molar-refractivity contribution in [2.24, 2.45) is 0 Å². The predicted molar refractivity (Wildman–Crippen MR) is 110 cm³/mol. The molecule has 1 atom stereocenters. The van der Waals surface area contributed by atoms with Crippen LogP contribution in [0.1, 0.15) is 90.4 Å². The molecule has 0 radical (unpaired) electrons. The number of rotatable bonds is 17. The van der Waals surface area contributed by atoms with E-state index in [0.717, 1.165) is 19.3 Å². The molecule has 0 aliphatic rings. The van der Waals surface area contributed by atoms with E-state index in [1.54, 1.807) is 0 Å². The molecule has 0 aromatic carbocycles. The number of unbranched alkanes of at least 4 members (excludes halogenated alkanes) is 10. The van der Waals surface area contributed by atoms with Gasteiger partial charge in [-0.3, -0.25) is 0 Å². The van der Waals surface area contributed by atoms with E-state index in [9.17, 15) is 0 Å². The highest BCUT2D eigenvalue weighted by Crippen LogP contribution is 2.15. The van der Waals surface area contributed by atoms with E-state index in [1.165, 1.54) is 64.2 Å². The first kappa shape index (κ1) is 23.9. The van der Waals surface area contributed by atoms with Gasteiger partial charge < -0.3 is 9.53 Å². The summed E-state index contributed by atoms with van der Waals surface area (Å²) in [6, 6.07) is 0. The van der Waals surface area contributed by atoms with Gasteiger partial charge in [-0.2, -0.15) is 0 Å². The fraction of sp³-hybridized carbons (Fsp3) is 0.905. The topological polar surface area (TPSA) is 29.5 Å². The van der Waals surface area contributed by atoms with Gasteiger partial charge in [0.1, 0.15) is 0 Å². The number of aliphatic hydroxyl groups excluding tert-OH is 1. The zero-order chi connectivity index (χ0) is 18.1. The van der Waals surface area contributed by atoms with Crippen molar-refractivity contribution in [1.29, 1.82) is 0 Å². The lowest BCUT2D eigenvalue weighted by Crippen LogP contribution is -2.31. The average Bonchev–Trinajstić information content (AvgIpc) is 2.51. The minimum atomic E-state index is -1.49. The van der Waals surface area contributed by atoms with Crippen molar-refractivity contribution in [1.82, 2.24) is 0 Å². The smallest absolute Gasteiger partial charge is 0.184 e. The fourth-order valence-corrected chi connectivity index (χ4v) is 4.03. The highest BCUT2D eigenvalue weighted by Gasteiger charge is 2.18. The van der Waals surface area contributed by atoms with Crippen LogP contribution >= 0.6 is 0 Å². The molecule has 2 nitrogen and oxygen atoms in total. The molecule has 144 valence electrons. The third-order valence-corrected chi connectivity index (χ3v) is 5.24. The molecule has 24 heavy (non-hydrogen) atoms. The Morgan fingerprint density at radius 1 is 0.833 bits per heavy atom. The molecule has 0 aromatic rings. The second-order valence-corrected chi connectivity index (χ2v) is 12.5. The van der Waals surface area contributed by atoms with Gasteiger partial charge in [0.05, 0.1) is 6.10 Å². The number of hydrogen-bond donors (Lipinski definition) is 1. The van der Waals surface area contributed by atoms with Gasteiger partial charge in [0.2, 0.25) is 0 Å². The van der Waals surface area contributed by atoms with Crippen molar-refractivity contribution in [2.45, 2.75) is 116 Å². The molecule has 3 heteroatoms. The predicted octanol–water partition coefficient (Wildman–Crippen LogP) is 6.85. The largest absolute Gasteiger partial charge is 0.411 e. The summed E-state index contributed by atoms with van der Waals surface area (Å²) in [6.45, 7) is 9.32. The minimum Gasteiger partial charge on any atom is -0.411 e. The summed E-state index contributed by atoms with van der Waals surface area (Å²) in [4.78, 5) is 0. The van der Waals surface area contributed by atoms with E-state index >= 15 is 0 Å². The first-order valence-corrected chi connectivity index (χ1v) is 13.9. The Morgan fingerprint density at radius 3 is 1.96 bits per heavy atom. The molecule has 0 bridgehead atoms. The highest BCUT2D eigenvalue weighted by molar-refractivity contribution is 6.69. The van der Waals surface area contributed by atoms with Crippen molar-refractivity contribution < 1.29 is 9.53 Å².